The smallest absolute Gasteiger partial charge is 0.150 e. The third-order valence-electron chi connectivity index (χ3n) is 3.80. The molecule has 1 unspecified atom stereocenters. The highest BCUT2D eigenvalue weighted by Crippen LogP contribution is 2.27. The van der Waals surface area contributed by atoms with Crippen molar-refractivity contribution in [3.63, 3.8) is 0 Å². The van der Waals surface area contributed by atoms with Gasteiger partial charge in [0.25, 0.3) is 0 Å². The molecule has 21 heavy (non-hydrogen) atoms. The lowest BCUT2D eigenvalue weighted by molar-refractivity contribution is 0.549. The van der Waals surface area contributed by atoms with Crippen LogP contribution in [0.25, 0.3) is 5.69 Å². The van der Waals surface area contributed by atoms with Gasteiger partial charge in [-0.1, -0.05) is 16.8 Å². The van der Waals surface area contributed by atoms with E-state index in [1.54, 1.807) is 10.7 Å². The van der Waals surface area contributed by atoms with Crippen LogP contribution in [0.2, 0.25) is 5.02 Å². The number of nitrogens with zero attached hydrogens (tertiary/aromatic N) is 3. The Bertz CT molecular complexity index is 770. The van der Waals surface area contributed by atoms with Crippen LogP contribution in [0.15, 0.2) is 24.4 Å². The first-order valence-corrected chi connectivity index (χ1v) is 9.04. The summed E-state index contributed by atoms with van der Waals surface area (Å²) in [7, 11) is -2.94. The van der Waals surface area contributed by atoms with Crippen molar-refractivity contribution >= 4 is 21.4 Å². The predicted molar refractivity (Wildman–Crippen MR) is 81.7 cm³/mol. The molecule has 0 bridgehead atoms. The number of aryl methyl sites for hydroxylation is 1. The van der Waals surface area contributed by atoms with E-state index >= 15 is 0 Å². The summed E-state index contributed by atoms with van der Waals surface area (Å²) in [5.74, 6) is 0.407. The molecule has 1 atom stereocenters. The summed E-state index contributed by atoms with van der Waals surface area (Å²) in [4.78, 5) is 0. The minimum Gasteiger partial charge on any atom is -0.229 e. The molecule has 1 aliphatic rings. The van der Waals surface area contributed by atoms with Gasteiger partial charge in [-0.3, -0.25) is 0 Å². The highest BCUT2D eigenvalue weighted by Gasteiger charge is 2.28. The molecule has 2 aromatic rings. The van der Waals surface area contributed by atoms with E-state index in [1.165, 1.54) is 0 Å². The molecular weight excluding hydrogens is 310 g/mol. The maximum atomic E-state index is 11.7. The largest absolute Gasteiger partial charge is 0.229 e. The van der Waals surface area contributed by atoms with Gasteiger partial charge in [0, 0.05) is 10.9 Å². The molecule has 0 aliphatic carbocycles. The van der Waals surface area contributed by atoms with Crippen molar-refractivity contribution in [2.45, 2.75) is 25.7 Å². The number of hydrogen-bond acceptors (Lipinski definition) is 4. The Morgan fingerprint density at radius 2 is 2.19 bits per heavy atom. The van der Waals surface area contributed by atoms with E-state index in [0.717, 1.165) is 23.4 Å². The second kappa shape index (κ2) is 5.42. The van der Waals surface area contributed by atoms with Crippen molar-refractivity contribution in [3.8, 4) is 5.69 Å². The van der Waals surface area contributed by atoms with Gasteiger partial charge >= 0.3 is 0 Å². The SMILES string of the molecule is Cc1cc(Cl)ccc1-n1cc(C2CCCS(=O)(=O)C2)nn1. The van der Waals surface area contributed by atoms with Gasteiger partial charge in [-0.05, 0) is 43.5 Å². The van der Waals surface area contributed by atoms with Gasteiger partial charge < -0.3 is 0 Å². The van der Waals surface area contributed by atoms with Crippen LogP contribution < -0.4 is 0 Å². The number of hydrogen-bond donors (Lipinski definition) is 0. The van der Waals surface area contributed by atoms with Crippen molar-refractivity contribution in [1.82, 2.24) is 15.0 Å². The van der Waals surface area contributed by atoms with Gasteiger partial charge in [0.1, 0.15) is 0 Å². The summed E-state index contributed by atoms with van der Waals surface area (Å²) >= 11 is 5.95. The maximum absolute atomic E-state index is 11.7. The van der Waals surface area contributed by atoms with E-state index in [-0.39, 0.29) is 17.4 Å². The Morgan fingerprint density at radius 3 is 2.90 bits per heavy atom. The first kappa shape index (κ1) is 14.5. The molecule has 1 saturated heterocycles. The highest BCUT2D eigenvalue weighted by atomic mass is 35.5. The summed E-state index contributed by atoms with van der Waals surface area (Å²) < 4.78 is 25.1. The normalized spacial score (nSPS) is 21.3. The molecular formula is C14H16ClN3O2S. The fourth-order valence-electron chi connectivity index (χ4n) is 2.71. The van der Waals surface area contributed by atoms with Crippen molar-refractivity contribution in [3.05, 3.63) is 40.7 Å². The molecule has 1 aromatic carbocycles. The zero-order valence-corrected chi connectivity index (χ0v) is 13.2. The zero-order chi connectivity index (χ0) is 15.0. The molecule has 0 saturated carbocycles. The molecule has 7 heteroatoms. The van der Waals surface area contributed by atoms with Crippen molar-refractivity contribution in [1.29, 1.82) is 0 Å². The molecule has 1 aromatic heterocycles. The first-order chi connectivity index (χ1) is 9.94. The lowest BCUT2D eigenvalue weighted by Crippen LogP contribution is -2.23. The standard InChI is InChI=1S/C14H16ClN3O2S/c1-10-7-12(15)4-5-14(10)18-8-13(16-17-18)11-3-2-6-21(19,20)9-11/h4-5,7-8,11H,2-3,6,9H2,1H3. The molecule has 1 aliphatic heterocycles. The van der Waals surface area contributed by atoms with Crippen molar-refractivity contribution in [2.75, 3.05) is 11.5 Å². The van der Waals surface area contributed by atoms with E-state index in [4.69, 9.17) is 11.6 Å². The van der Waals surface area contributed by atoms with E-state index < -0.39 is 9.84 Å². The average molecular weight is 326 g/mol. The number of sulfone groups is 1. The minimum absolute atomic E-state index is 0.0508. The second-order valence-corrected chi connectivity index (χ2v) is 8.14. The third kappa shape index (κ3) is 3.11. The molecule has 2 heterocycles. The van der Waals surface area contributed by atoms with E-state index in [9.17, 15) is 8.42 Å². The Kier molecular flexibility index (Phi) is 3.75. The van der Waals surface area contributed by atoms with Crippen LogP contribution in [0.5, 0.6) is 0 Å². The Hall–Kier alpha value is -1.40. The Labute approximate surface area is 128 Å². The molecule has 5 nitrogen and oxygen atoms in total. The molecule has 0 spiro atoms. The molecule has 0 radical (unpaired) electrons. The van der Waals surface area contributed by atoms with Crippen molar-refractivity contribution < 1.29 is 8.42 Å². The number of aromatic nitrogens is 3. The van der Waals surface area contributed by atoms with Crippen LogP contribution in [0, 0.1) is 6.92 Å². The number of benzene rings is 1. The summed E-state index contributed by atoms with van der Waals surface area (Å²) in [6, 6.07) is 5.55. The van der Waals surface area contributed by atoms with Gasteiger partial charge in [0.05, 0.1) is 29.1 Å². The quantitative estimate of drug-likeness (QED) is 0.851. The Morgan fingerprint density at radius 1 is 1.38 bits per heavy atom. The minimum atomic E-state index is -2.94. The van der Waals surface area contributed by atoms with Gasteiger partial charge in [0.15, 0.2) is 9.84 Å². The fourth-order valence-corrected chi connectivity index (χ4v) is 4.66. The maximum Gasteiger partial charge on any atom is 0.150 e. The summed E-state index contributed by atoms with van der Waals surface area (Å²) in [6.07, 6.45) is 3.36. The van der Waals surface area contributed by atoms with Crippen LogP contribution in [0.3, 0.4) is 0 Å². The first-order valence-electron chi connectivity index (χ1n) is 6.84. The van der Waals surface area contributed by atoms with Gasteiger partial charge in [-0.2, -0.15) is 0 Å². The van der Waals surface area contributed by atoms with Crippen LogP contribution in [-0.2, 0) is 9.84 Å². The van der Waals surface area contributed by atoms with Crippen LogP contribution >= 0.6 is 11.6 Å². The van der Waals surface area contributed by atoms with Crippen LogP contribution in [-0.4, -0.2) is 34.9 Å². The number of halogens is 1. The van der Waals surface area contributed by atoms with E-state index in [0.29, 0.717) is 11.4 Å². The van der Waals surface area contributed by atoms with Gasteiger partial charge in [0.2, 0.25) is 0 Å². The van der Waals surface area contributed by atoms with Crippen LogP contribution in [0.4, 0.5) is 0 Å². The fraction of sp³-hybridized carbons (Fsp3) is 0.429. The summed E-state index contributed by atoms with van der Waals surface area (Å²) in [6.45, 7) is 1.95. The highest BCUT2D eigenvalue weighted by molar-refractivity contribution is 7.91. The lowest BCUT2D eigenvalue weighted by Gasteiger charge is -2.19. The molecule has 112 valence electrons. The van der Waals surface area contributed by atoms with Crippen LogP contribution in [0.1, 0.15) is 30.0 Å². The topological polar surface area (TPSA) is 64.8 Å². The van der Waals surface area contributed by atoms with E-state index in [2.05, 4.69) is 10.3 Å². The van der Waals surface area contributed by atoms with Gasteiger partial charge in [-0.15, -0.1) is 5.10 Å². The monoisotopic (exact) mass is 325 g/mol. The summed E-state index contributed by atoms with van der Waals surface area (Å²) in [5, 5.41) is 8.97. The van der Waals surface area contributed by atoms with E-state index in [1.807, 2.05) is 25.3 Å². The molecule has 0 amide bonds. The average Bonchev–Trinajstić information content (AvgIpc) is 2.87. The lowest BCUT2D eigenvalue weighted by atomic mass is 10.0. The Balaban J connectivity index is 1.89. The molecule has 1 fully saturated rings. The molecule has 3 rings (SSSR count). The predicted octanol–water partition coefficient (Wildman–Crippen LogP) is 2.52. The molecule has 0 N–H and O–H groups in total. The second-order valence-electron chi connectivity index (χ2n) is 5.47. The zero-order valence-electron chi connectivity index (χ0n) is 11.7. The van der Waals surface area contributed by atoms with Gasteiger partial charge in [-0.25, -0.2) is 13.1 Å². The third-order valence-corrected chi connectivity index (χ3v) is 5.85. The summed E-state index contributed by atoms with van der Waals surface area (Å²) in [5.41, 5.74) is 2.64. The van der Waals surface area contributed by atoms with Crippen molar-refractivity contribution in [2.24, 2.45) is 0 Å². The number of rotatable bonds is 2.